The third-order valence-electron chi connectivity index (χ3n) is 6.93. The van der Waals surface area contributed by atoms with Crippen molar-refractivity contribution in [1.82, 2.24) is 25.6 Å². The predicted molar refractivity (Wildman–Crippen MR) is 140 cm³/mol. The number of carbonyl (C=O) groups excluding carboxylic acids is 2. The van der Waals surface area contributed by atoms with E-state index in [1.165, 1.54) is 0 Å². The molecule has 0 spiro atoms. The number of hydrogen-bond donors (Lipinski definition) is 2. The molecule has 0 saturated heterocycles. The van der Waals surface area contributed by atoms with Gasteiger partial charge in [0.15, 0.2) is 5.78 Å². The number of dihydropyridines is 1. The zero-order chi connectivity index (χ0) is 26.2. The molecule has 2 aromatic carbocycles. The quantitative estimate of drug-likeness (QED) is 0.530. The second-order valence-corrected chi connectivity index (χ2v) is 10.4. The van der Waals surface area contributed by atoms with E-state index in [-0.39, 0.29) is 23.7 Å². The minimum atomic E-state index is -0.467. The van der Waals surface area contributed by atoms with Gasteiger partial charge in [0.05, 0.1) is 25.5 Å². The number of ether oxygens (including phenoxy) is 1. The van der Waals surface area contributed by atoms with Crippen LogP contribution in [0.15, 0.2) is 83.3 Å². The zero-order valence-corrected chi connectivity index (χ0v) is 21.5. The largest absolute Gasteiger partial charge is 0.497 e. The summed E-state index contributed by atoms with van der Waals surface area (Å²) in [6.45, 7) is 6.31. The van der Waals surface area contributed by atoms with Crippen LogP contribution in [0, 0.1) is 5.41 Å². The molecule has 1 aliphatic heterocycles. The molecule has 0 bridgehead atoms. The summed E-state index contributed by atoms with van der Waals surface area (Å²) in [5, 5.41) is 14.8. The highest BCUT2D eigenvalue weighted by molar-refractivity contribution is 6.05. The Labute approximate surface area is 216 Å². The second kappa shape index (κ2) is 9.69. The van der Waals surface area contributed by atoms with E-state index in [9.17, 15) is 9.59 Å². The number of Topliss-reactive ketones (excluding diaryl/α,β-unsaturated/α-hetero) is 1. The number of allylic oxidation sites excluding steroid dienone is 3. The van der Waals surface area contributed by atoms with Gasteiger partial charge in [0.1, 0.15) is 11.4 Å². The van der Waals surface area contributed by atoms with Gasteiger partial charge in [-0.05, 0) is 48.6 Å². The lowest BCUT2D eigenvalue weighted by atomic mass is 9.68. The molecule has 0 saturated carbocycles. The number of ketones is 1. The summed E-state index contributed by atoms with van der Waals surface area (Å²) >= 11 is 0. The molecule has 1 aliphatic carbocycles. The van der Waals surface area contributed by atoms with Gasteiger partial charge in [-0.3, -0.25) is 9.59 Å². The molecule has 5 rings (SSSR count). The topological polar surface area (TPSA) is 98.1 Å². The number of aromatic nitrogens is 3. The van der Waals surface area contributed by atoms with Crippen molar-refractivity contribution >= 4 is 11.7 Å². The number of amides is 1. The van der Waals surface area contributed by atoms with Gasteiger partial charge in [0.2, 0.25) is 5.91 Å². The number of benzene rings is 2. The van der Waals surface area contributed by atoms with E-state index in [4.69, 9.17) is 4.74 Å². The minimum absolute atomic E-state index is 0.0724. The molecule has 37 heavy (non-hydrogen) atoms. The van der Waals surface area contributed by atoms with Gasteiger partial charge in [0, 0.05) is 34.9 Å². The molecule has 2 heterocycles. The molecule has 0 fully saturated rings. The molecule has 8 nitrogen and oxygen atoms in total. The van der Waals surface area contributed by atoms with Crippen LogP contribution < -0.4 is 15.4 Å². The van der Waals surface area contributed by atoms with Gasteiger partial charge < -0.3 is 15.4 Å². The van der Waals surface area contributed by atoms with E-state index in [1.807, 2.05) is 61.5 Å². The van der Waals surface area contributed by atoms with Gasteiger partial charge in [-0.2, -0.15) is 0 Å². The summed E-state index contributed by atoms with van der Waals surface area (Å²) in [7, 11) is 1.61. The lowest BCUT2D eigenvalue weighted by Crippen LogP contribution is -2.40. The summed E-state index contributed by atoms with van der Waals surface area (Å²) in [4.78, 5) is 27.1. The van der Waals surface area contributed by atoms with E-state index >= 15 is 0 Å². The first-order valence-electron chi connectivity index (χ1n) is 12.4. The van der Waals surface area contributed by atoms with Crippen LogP contribution in [0.2, 0.25) is 0 Å². The first-order valence-corrected chi connectivity index (χ1v) is 12.4. The number of rotatable bonds is 6. The Balaban J connectivity index is 1.44. The van der Waals surface area contributed by atoms with Crippen LogP contribution in [0.5, 0.6) is 5.75 Å². The van der Waals surface area contributed by atoms with Crippen LogP contribution >= 0.6 is 0 Å². The lowest BCUT2D eigenvalue weighted by Gasteiger charge is -2.39. The molecule has 8 heteroatoms. The Morgan fingerprint density at radius 3 is 2.57 bits per heavy atom. The number of para-hydroxylation sites is 1. The van der Waals surface area contributed by atoms with Crippen molar-refractivity contribution < 1.29 is 14.3 Å². The summed E-state index contributed by atoms with van der Waals surface area (Å²) < 4.78 is 7.01. The molecule has 1 amide bonds. The van der Waals surface area contributed by atoms with E-state index in [0.717, 1.165) is 34.8 Å². The highest BCUT2D eigenvalue weighted by Gasteiger charge is 2.42. The average Bonchev–Trinajstić information content (AvgIpc) is 3.35. The van der Waals surface area contributed by atoms with Crippen molar-refractivity contribution in [3.63, 3.8) is 0 Å². The van der Waals surface area contributed by atoms with Crippen molar-refractivity contribution in [1.29, 1.82) is 0 Å². The van der Waals surface area contributed by atoms with E-state index in [2.05, 4.69) is 34.8 Å². The molecule has 3 aromatic rings. The van der Waals surface area contributed by atoms with Crippen molar-refractivity contribution in [2.45, 2.75) is 46.1 Å². The predicted octanol–water partition coefficient (Wildman–Crippen LogP) is 4.20. The van der Waals surface area contributed by atoms with Crippen molar-refractivity contribution in [3.8, 4) is 11.4 Å². The number of nitrogens with one attached hydrogen (secondary N) is 2. The molecular weight excluding hydrogens is 466 g/mol. The van der Waals surface area contributed by atoms with Crippen LogP contribution in [-0.4, -0.2) is 33.8 Å². The number of carbonyl (C=O) groups is 2. The monoisotopic (exact) mass is 497 g/mol. The minimum Gasteiger partial charge on any atom is -0.497 e. The number of nitrogens with zero attached hydrogens (tertiary/aromatic N) is 3. The number of hydrogen-bond acceptors (Lipinski definition) is 6. The van der Waals surface area contributed by atoms with Crippen LogP contribution in [0.25, 0.3) is 5.69 Å². The molecule has 2 N–H and O–H groups in total. The molecule has 2 aliphatic rings. The van der Waals surface area contributed by atoms with E-state index in [0.29, 0.717) is 23.3 Å². The summed E-state index contributed by atoms with van der Waals surface area (Å²) in [5.74, 6) is 0.0781. The van der Waals surface area contributed by atoms with Crippen LogP contribution in [0.1, 0.15) is 50.8 Å². The third-order valence-corrected chi connectivity index (χ3v) is 6.93. The Kier molecular flexibility index (Phi) is 6.41. The van der Waals surface area contributed by atoms with Crippen molar-refractivity contribution in [2.24, 2.45) is 5.41 Å². The van der Waals surface area contributed by atoms with Crippen molar-refractivity contribution in [3.05, 3.63) is 94.6 Å². The smallest absolute Gasteiger partial charge is 0.250 e. The number of methoxy groups -OCH3 is 1. The SMILES string of the molecule is COc1ccc(C2C(C(=O)NCc3cn(-c4ccccc4)nn3)=C(C)NC3=C2C(=O)CC(C)(C)C3)cc1. The summed E-state index contributed by atoms with van der Waals surface area (Å²) in [6.07, 6.45) is 2.98. The van der Waals surface area contributed by atoms with Gasteiger partial charge in [-0.1, -0.05) is 49.4 Å². The fraction of sp³-hybridized carbons (Fsp3) is 0.310. The summed E-state index contributed by atoms with van der Waals surface area (Å²) in [6, 6.07) is 17.3. The normalized spacial score (nSPS) is 18.8. The maximum absolute atomic E-state index is 13.7. The molecule has 1 aromatic heterocycles. The standard InChI is InChI=1S/C29H31N5O3/c1-18-25(28(36)30-16-20-17-34(33-32-20)21-8-6-5-7-9-21)26(19-10-12-22(37-4)13-11-19)27-23(31-18)14-29(2,3)15-24(27)35/h5-13,17,26,31H,14-16H2,1-4H3,(H,30,36). The Hall–Kier alpha value is -4.20. The average molecular weight is 498 g/mol. The molecule has 1 atom stereocenters. The van der Waals surface area contributed by atoms with Crippen LogP contribution in [0.3, 0.4) is 0 Å². The fourth-order valence-corrected chi connectivity index (χ4v) is 5.22. The third kappa shape index (κ3) is 4.91. The van der Waals surface area contributed by atoms with Crippen LogP contribution in [0.4, 0.5) is 0 Å². The lowest BCUT2D eigenvalue weighted by molar-refractivity contribution is -0.118. The van der Waals surface area contributed by atoms with E-state index < -0.39 is 5.92 Å². The van der Waals surface area contributed by atoms with Crippen molar-refractivity contribution in [2.75, 3.05) is 7.11 Å². The zero-order valence-electron chi connectivity index (χ0n) is 21.5. The fourth-order valence-electron chi connectivity index (χ4n) is 5.22. The van der Waals surface area contributed by atoms with E-state index in [1.54, 1.807) is 18.0 Å². The maximum Gasteiger partial charge on any atom is 0.250 e. The maximum atomic E-state index is 13.7. The highest BCUT2D eigenvalue weighted by atomic mass is 16.5. The van der Waals surface area contributed by atoms with Gasteiger partial charge in [-0.25, -0.2) is 4.68 Å². The molecule has 1 unspecified atom stereocenters. The first-order chi connectivity index (χ1) is 17.8. The molecule has 190 valence electrons. The van der Waals surface area contributed by atoms with Gasteiger partial charge >= 0.3 is 0 Å². The summed E-state index contributed by atoms with van der Waals surface area (Å²) in [5.41, 5.74) is 5.12. The molecule has 0 radical (unpaired) electrons. The van der Waals surface area contributed by atoms with Crippen LogP contribution in [-0.2, 0) is 16.1 Å². The molecular formula is C29H31N5O3. The highest BCUT2D eigenvalue weighted by Crippen LogP contribution is 2.46. The Bertz CT molecular complexity index is 1400. The Morgan fingerprint density at radius 2 is 1.86 bits per heavy atom. The van der Waals surface area contributed by atoms with Gasteiger partial charge in [0.25, 0.3) is 0 Å². The van der Waals surface area contributed by atoms with Gasteiger partial charge in [-0.15, -0.1) is 5.10 Å². The Morgan fingerprint density at radius 1 is 1.14 bits per heavy atom. The second-order valence-electron chi connectivity index (χ2n) is 10.4. The first kappa shape index (κ1) is 24.5.